The quantitative estimate of drug-likeness (QED) is 0.359. The van der Waals surface area contributed by atoms with Gasteiger partial charge in [0.1, 0.15) is 12.0 Å². The lowest BCUT2D eigenvalue weighted by atomic mass is 9.78. The highest BCUT2D eigenvalue weighted by Crippen LogP contribution is 2.34. The van der Waals surface area contributed by atoms with Gasteiger partial charge in [0, 0.05) is 51.8 Å². The Morgan fingerprint density at radius 1 is 1.24 bits per heavy atom. The number of sulfonamides is 1. The Bertz CT molecular complexity index is 941. The molecule has 1 saturated heterocycles. The molecule has 8 nitrogen and oxygen atoms in total. The van der Waals surface area contributed by atoms with Gasteiger partial charge in [-0.15, -0.1) is 24.0 Å². The molecule has 1 aromatic carbocycles. The van der Waals surface area contributed by atoms with Crippen LogP contribution in [0.3, 0.4) is 0 Å². The number of aromatic nitrogens is 1. The third-order valence-corrected chi connectivity index (χ3v) is 7.25. The van der Waals surface area contributed by atoms with E-state index < -0.39 is 10.0 Å². The molecule has 158 valence electrons. The molecule has 0 radical (unpaired) electrons. The second-order valence-electron chi connectivity index (χ2n) is 7.16. The average molecular weight is 531 g/mol. The number of benzene rings is 1. The molecule has 1 N–H and O–H groups in total. The lowest BCUT2D eigenvalue weighted by Crippen LogP contribution is -2.54. The molecule has 2 heterocycles. The van der Waals surface area contributed by atoms with E-state index in [4.69, 9.17) is 4.52 Å². The van der Waals surface area contributed by atoms with Crippen molar-refractivity contribution in [1.82, 2.24) is 19.7 Å². The van der Waals surface area contributed by atoms with Gasteiger partial charge in [-0.05, 0) is 17.5 Å². The zero-order valence-electron chi connectivity index (χ0n) is 16.3. The lowest BCUT2D eigenvalue weighted by Gasteiger charge is -2.37. The van der Waals surface area contributed by atoms with E-state index in [2.05, 4.69) is 44.6 Å². The number of hydrogen-bond acceptors (Lipinski definition) is 5. The summed E-state index contributed by atoms with van der Waals surface area (Å²) < 4.78 is 31.4. The first-order valence-corrected chi connectivity index (χ1v) is 11.1. The average Bonchev–Trinajstić information content (AvgIpc) is 3.18. The second-order valence-corrected chi connectivity index (χ2v) is 9.13. The fraction of sp³-hybridized carbons (Fsp3) is 0.474. The normalized spacial score (nSPS) is 19.8. The molecular formula is C19H26IN5O3S. The Morgan fingerprint density at radius 2 is 2.00 bits per heavy atom. The summed E-state index contributed by atoms with van der Waals surface area (Å²) in [7, 11) is -1.62. The maximum Gasteiger partial charge on any atom is 0.220 e. The summed E-state index contributed by atoms with van der Waals surface area (Å²) >= 11 is 0. The smallest absolute Gasteiger partial charge is 0.220 e. The van der Waals surface area contributed by atoms with Gasteiger partial charge in [0.25, 0.3) is 0 Å². The fourth-order valence-corrected chi connectivity index (χ4v) is 5.28. The molecule has 1 aromatic heterocycles. The summed E-state index contributed by atoms with van der Waals surface area (Å²) in [4.78, 5) is 6.50. The molecular weight excluding hydrogens is 505 g/mol. The van der Waals surface area contributed by atoms with Crippen LogP contribution in [0, 0.1) is 0 Å². The van der Waals surface area contributed by atoms with Crippen LogP contribution < -0.4 is 5.32 Å². The topological polar surface area (TPSA) is 91.0 Å². The van der Waals surface area contributed by atoms with Crippen molar-refractivity contribution in [3.63, 3.8) is 0 Å². The first-order chi connectivity index (χ1) is 13.6. The lowest BCUT2D eigenvalue weighted by molar-refractivity contribution is 0.259. The minimum absolute atomic E-state index is 0. The standard InChI is InChI=1S/C19H25N5O3S.HI/c1-20-19(21-13-16-12-15-4-2-3-5-18(15)16)23-7-9-24(10-8-23)28(25,26)14-17-6-11-27-22-17;/h2-6,11,16H,7-10,12-14H2,1H3,(H,20,21);1H. The van der Waals surface area contributed by atoms with Crippen molar-refractivity contribution in [3.8, 4) is 0 Å². The molecule has 2 aromatic rings. The molecule has 29 heavy (non-hydrogen) atoms. The predicted molar refractivity (Wildman–Crippen MR) is 122 cm³/mol. The van der Waals surface area contributed by atoms with Gasteiger partial charge in [0.2, 0.25) is 10.0 Å². The number of piperazine rings is 1. The largest absolute Gasteiger partial charge is 0.364 e. The van der Waals surface area contributed by atoms with Crippen molar-refractivity contribution in [1.29, 1.82) is 0 Å². The number of fused-ring (bicyclic) bond motifs is 1. The van der Waals surface area contributed by atoms with E-state index in [-0.39, 0.29) is 29.7 Å². The third kappa shape index (κ3) is 4.92. The van der Waals surface area contributed by atoms with E-state index in [0.717, 1.165) is 18.9 Å². The van der Waals surface area contributed by atoms with Crippen LogP contribution >= 0.6 is 24.0 Å². The number of guanidine groups is 1. The number of nitrogens with zero attached hydrogens (tertiary/aromatic N) is 4. The molecule has 0 amide bonds. The highest BCUT2D eigenvalue weighted by Gasteiger charge is 2.30. The van der Waals surface area contributed by atoms with Crippen molar-refractivity contribution in [2.24, 2.45) is 4.99 Å². The summed E-state index contributed by atoms with van der Waals surface area (Å²) in [6, 6.07) is 10.1. The minimum Gasteiger partial charge on any atom is -0.364 e. The van der Waals surface area contributed by atoms with Crippen molar-refractivity contribution in [2.45, 2.75) is 18.1 Å². The Kier molecular flexibility index (Phi) is 7.17. The van der Waals surface area contributed by atoms with Gasteiger partial charge in [-0.25, -0.2) is 8.42 Å². The summed E-state index contributed by atoms with van der Waals surface area (Å²) in [6.07, 6.45) is 2.48. The van der Waals surface area contributed by atoms with E-state index in [1.807, 2.05) is 0 Å². The number of nitrogens with one attached hydrogen (secondary N) is 1. The van der Waals surface area contributed by atoms with Crippen molar-refractivity contribution in [2.75, 3.05) is 39.8 Å². The number of aliphatic imine (C=N–C) groups is 1. The Hall–Kier alpha value is -1.66. The summed E-state index contributed by atoms with van der Waals surface area (Å²) in [6.45, 7) is 2.94. The van der Waals surface area contributed by atoms with E-state index in [1.54, 1.807) is 13.1 Å². The van der Waals surface area contributed by atoms with Gasteiger partial charge in [0.05, 0.1) is 5.69 Å². The van der Waals surface area contributed by atoms with Gasteiger partial charge in [-0.3, -0.25) is 4.99 Å². The Balaban J connectivity index is 0.00000240. The van der Waals surface area contributed by atoms with Gasteiger partial charge in [0.15, 0.2) is 5.96 Å². The minimum atomic E-state index is -3.39. The summed E-state index contributed by atoms with van der Waals surface area (Å²) in [5.41, 5.74) is 3.27. The van der Waals surface area contributed by atoms with Crippen LogP contribution in [0.25, 0.3) is 0 Å². The van der Waals surface area contributed by atoms with Crippen LogP contribution in [0.4, 0.5) is 0 Å². The summed E-state index contributed by atoms with van der Waals surface area (Å²) in [5.74, 6) is 1.22. The predicted octanol–water partition coefficient (Wildman–Crippen LogP) is 1.66. The maximum absolute atomic E-state index is 12.6. The molecule has 1 atom stereocenters. The molecule has 1 unspecified atom stereocenters. The number of halogens is 1. The number of hydrogen-bond donors (Lipinski definition) is 1. The van der Waals surface area contributed by atoms with Gasteiger partial charge in [-0.1, -0.05) is 29.4 Å². The fourth-order valence-electron chi connectivity index (χ4n) is 3.86. The first-order valence-electron chi connectivity index (χ1n) is 9.47. The van der Waals surface area contributed by atoms with Crippen LogP contribution in [-0.4, -0.2) is 68.5 Å². The Labute approximate surface area is 188 Å². The van der Waals surface area contributed by atoms with Gasteiger partial charge < -0.3 is 14.7 Å². The molecule has 10 heteroatoms. The first kappa shape index (κ1) is 22.0. The highest BCUT2D eigenvalue weighted by molar-refractivity contribution is 14.0. The molecule has 1 fully saturated rings. The van der Waals surface area contributed by atoms with Crippen molar-refractivity contribution >= 4 is 40.0 Å². The molecule has 1 aliphatic carbocycles. The zero-order chi connectivity index (χ0) is 19.6. The molecule has 0 saturated carbocycles. The Morgan fingerprint density at radius 3 is 2.66 bits per heavy atom. The third-order valence-electron chi connectivity index (χ3n) is 5.43. The van der Waals surface area contributed by atoms with E-state index in [1.165, 1.54) is 21.7 Å². The SMILES string of the molecule is CN=C(NCC1Cc2ccccc21)N1CCN(S(=O)(=O)Cc2ccon2)CC1.I. The maximum atomic E-state index is 12.6. The summed E-state index contributed by atoms with van der Waals surface area (Å²) in [5, 5.41) is 7.16. The highest BCUT2D eigenvalue weighted by atomic mass is 127. The van der Waals surface area contributed by atoms with Crippen molar-refractivity contribution in [3.05, 3.63) is 53.4 Å². The molecule has 2 aliphatic rings. The molecule has 1 aliphatic heterocycles. The van der Waals surface area contributed by atoms with Gasteiger partial charge in [-0.2, -0.15) is 4.31 Å². The van der Waals surface area contributed by atoms with Gasteiger partial charge >= 0.3 is 0 Å². The van der Waals surface area contributed by atoms with E-state index in [0.29, 0.717) is 37.8 Å². The monoisotopic (exact) mass is 531 g/mol. The zero-order valence-corrected chi connectivity index (χ0v) is 19.5. The van der Waals surface area contributed by atoms with Crippen molar-refractivity contribution < 1.29 is 12.9 Å². The molecule has 0 bridgehead atoms. The molecule has 0 spiro atoms. The van der Waals surface area contributed by atoms with E-state index in [9.17, 15) is 8.42 Å². The van der Waals surface area contributed by atoms with Crippen LogP contribution in [0.1, 0.15) is 22.7 Å². The van der Waals surface area contributed by atoms with Crippen LogP contribution in [0.2, 0.25) is 0 Å². The van der Waals surface area contributed by atoms with Crippen LogP contribution in [0.15, 0.2) is 46.1 Å². The second kappa shape index (κ2) is 9.43. The van der Waals surface area contributed by atoms with Crippen LogP contribution in [0.5, 0.6) is 0 Å². The van der Waals surface area contributed by atoms with E-state index >= 15 is 0 Å². The number of rotatable bonds is 5. The van der Waals surface area contributed by atoms with Crippen LogP contribution in [-0.2, 0) is 22.2 Å². The molecule has 4 rings (SSSR count).